The molecular formula is C14H20Cl2N2O2. The molecule has 3 N–H and O–H groups in total. The summed E-state index contributed by atoms with van der Waals surface area (Å²) in [6, 6.07) is 5.24. The minimum absolute atomic E-state index is 0.0352. The monoisotopic (exact) mass is 318 g/mol. The lowest BCUT2D eigenvalue weighted by molar-refractivity contribution is -0.116. The van der Waals surface area contributed by atoms with E-state index in [1.165, 1.54) is 0 Å². The van der Waals surface area contributed by atoms with E-state index in [9.17, 15) is 9.90 Å². The number of hydrogen-bond donors (Lipinski definition) is 3. The predicted octanol–water partition coefficient (Wildman–Crippen LogP) is 3.48. The molecule has 0 aliphatic rings. The van der Waals surface area contributed by atoms with Crippen LogP contribution in [0, 0.1) is 0 Å². The third kappa shape index (κ3) is 5.99. The minimum atomic E-state index is -0.608. The third-order valence-corrected chi connectivity index (χ3v) is 3.39. The highest BCUT2D eigenvalue weighted by Crippen LogP contribution is 2.25. The number of unbranched alkanes of at least 4 members (excludes halogenated alkanes) is 1. The number of anilines is 2. The summed E-state index contributed by atoms with van der Waals surface area (Å²) >= 11 is 11.6. The Morgan fingerprint density at radius 1 is 1.45 bits per heavy atom. The van der Waals surface area contributed by atoms with Crippen LogP contribution in [0.15, 0.2) is 18.2 Å². The van der Waals surface area contributed by atoms with Gasteiger partial charge in [0.05, 0.1) is 22.7 Å². The largest absolute Gasteiger partial charge is 0.390 e. The van der Waals surface area contributed by atoms with E-state index >= 15 is 0 Å². The molecule has 112 valence electrons. The second kappa shape index (κ2) is 9.06. The Balaban J connectivity index is 2.57. The van der Waals surface area contributed by atoms with Crippen LogP contribution in [-0.4, -0.2) is 29.5 Å². The van der Waals surface area contributed by atoms with Crippen molar-refractivity contribution in [2.75, 3.05) is 23.1 Å². The summed E-state index contributed by atoms with van der Waals surface area (Å²) in [5.74, 6) is 0.138. The molecule has 1 unspecified atom stereocenters. The first kappa shape index (κ1) is 17.1. The van der Waals surface area contributed by atoms with Gasteiger partial charge in [-0.15, -0.1) is 11.6 Å². The van der Waals surface area contributed by atoms with E-state index in [2.05, 4.69) is 10.6 Å². The lowest BCUT2D eigenvalue weighted by Gasteiger charge is -2.12. The van der Waals surface area contributed by atoms with Gasteiger partial charge in [0.25, 0.3) is 0 Å². The average molecular weight is 319 g/mol. The number of halogens is 2. The fraction of sp³-hybridized carbons (Fsp3) is 0.500. The maximum absolute atomic E-state index is 11.6. The molecular weight excluding hydrogens is 299 g/mol. The van der Waals surface area contributed by atoms with Gasteiger partial charge in [0.1, 0.15) is 0 Å². The zero-order chi connectivity index (χ0) is 15.0. The number of alkyl halides is 1. The van der Waals surface area contributed by atoms with E-state index in [4.69, 9.17) is 23.2 Å². The van der Waals surface area contributed by atoms with Crippen molar-refractivity contribution < 1.29 is 9.90 Å². The van der Waals surface area contributed by atoms with E-state index in [0.29, 0.717) is 23.7 Å². The topological polar surface area (TPSA) is 61.4 Å². The van der Waals surface area contributed by atoms with Gasteiger partial charge in [-0.3, -0.25) is 4.79 Å². The maximum atomic E-state index is 11.6. The number of carbonyl (C=O) groups excluding carboxylic acids is 1. The Labute approximate surface area is 129 Å². The number of carbonyl (C=O) groups is 1. The molecule has 0 saturated heterocycles. The fourth-order valence-electron chi connectivity index (χ4n) is 1.57. The summed E-state index contributed by atoms with van der Waals surface area (Å²) in [5.41, 5.74) is 1.36. The highest BCUT2D eigenvalue weighted by molar-refractivity contribution is 6.34. The molecule has 6 heteroatoms. The van der Waals surface area contributed by atoms with Gasteiger partial charge in [0, 0.05) is 18.7 Å². The molecule has 0 bridgehead atoms. The van der Waals surface area contributed by atoms with Crippen molar-refractivity contribution in [2.24, 2.45) is 0 Å². The number of benzene rings is 1. The summed E-state index contributed by atoms with van der Waals surface area (Å²) in [6.07, 6.45) is 1.73. The lowest BCUT2D eigenvalue weighted by Crippen LogP contribution is -2.20. The normalized spacial score (nSPS) is 12.0. The molecule has 1 aromatic carbocycles. The second-order valence-corrected chi connectivity index (χ2v) is 5.25. The van der Waals surface area contributed by atoms with E-state index in [0.717, 1.165) is 18.5 Å². The molecule has 0 aliphatic heterocycles. The fourth-order valence-corrected chi connectivity index (χ4v) is 1.90. The zero-order valence-electron chi connectivity index (χ0n) is 11.5. The summed E-state index contributed by atoms with van der Waals surface area (Å²) in [5, 5.41) is 15.6. The van der Waals surface area contributed by atoms with Crippen molar-refractivity contribution in [2.45, 2.75) is 32.3 Å². The van der Waals surface area contributed by atoms with E-state index in [1.807, 2.05) is 6.92 Å². The zero-order valence-corrected chi connectivity index (χ0v) is 13.0. The molecule has 1 atom stereocenters. The Morgan fingerprint density at radius 2 is 2.20 bits per heavy atom. The Morgan fingerprint density at radius 3 is 2.80 bits per heavy atom. The molecule has 1 aromatic rings. The maximum Gasteiger partial charge on any atom is 0.224 e. The molecule has 0 radical (unpaired) electrons. The number of aliphatic hydroxyl groups is 1. The first-order chi connectivity index (χ1) is 9.56. The van der Waals surface area contributed by atoms with Gasteiger partial charge in [-0.25, -0.2) is 0 Å². The van der Waals surface area contributed by atoms with Crippen LogP contribution in [0.1, 0.15) is 26.2 Å². The van der Waals surface area contributed by atoms with Crippen LogP contribution in [0.5, 0.6) is 0 Å². The molecule has 0 spiro atoms. The van der Waals surface area contributed by atoms with Crippen LogP contribution in [0.2, 0.25) is 5.02 Å². The van der Waals surface area contributed by atoms with Gasteiger partial charge in [0.15, 0.2) is 0 Å². The van der Waals surface area contributed by atoms with Crippen LogP contribution in [0.3, 0.4) is 0 Å². The predicted molar refractivity (Wildman–Crippen MR) is 84.8 cm³/mol. The molecule has 0 fully saturated rings. The van der Waals surface area contributed by atoms with Crippen molar-refractivity contribution >= 4 is 40.5 Å². The van der Waals surface area contributed by atoms with Gasteiger partial charge in [-0.2, -0.15) is 0 Å². The van der Waals surface area contributed by atoms with Crippen LogP contribution < -0.4 is 10.6 Å². The van der Waals surface area contributed by atoms with Crippen molar-refractivity contribution in [3.63, 3.8) is 0 Å². The first-order valence-corrected chi connectivity index (χ1v) is 7.55. The van der Waals surface area contributed by atoms with Gasteiger partial charge >= 0.3 is 0 Å². The van der Waals surface area contributed by atoms with Crippen LogP contribution in [0.25, 0.3) is 0 Å². The number of rotatable bonds is 8. The molecule has 4 nitrogen and oxygen atoms in total. The molecule has 1 rings (SSSR count). The Kier molecular flexibility index (Phi) is 7.73. The smallest absolute Gasteiger partial charge is 0.224 e. The highest BCUT2D eigenvalue weighted by atomic mass is 35.5. The van der Waals surface area contributed by atoms with E-state index in [-0.39, 0.29) is 11.8 Å². The summed E-state index contributed by atoms with van der Waals surface area (Å²) in [4.78, 5) is 11.6. The van der Waals surface area contributed by atoms with Crippen LogP contribution in [0.4, 0.5) is 11.4 Å². The standard InChI is InChI=1S/C14H20Cl2N2O2/c1-2-3-4-14(20)18-13-6-5-10(7-12(13)16)17-9-11(19)8-15/h5-7,11,17,19H,2-4,8-9H2,1H3,(H,18,20). The highest BCUT2D eigenvalue weighted by Gasteiger charge is 2.07. The summed E-state index contributed by atoms with van der Waals surface area (Å²) < 4.78 is 0. The van der Waals surface area contributed by atoms with Gasteiger partial charge in [0.2, 0.25) is 5.91 Å². The summed E-state index contributed by atoms with van der Waals surface area (Å²) in [6.45, 7) is 2.39. The van der Waals surface area contributed by atoms with Crippen LogP contribution in [-0.2, 0) is 4.79 Å². The van der Waals surface area contributed by atoms with Crippen LogP contribution >= 0.6 is 23.2 Å². The van der Waals surface area contributed by atoms with Crippen molar-refractivity contribution in [1.82, 2.24) is 0 Å². The van der Waals surface area contributed by atoms with Crippen molar-refractivity contribution in [1.29, 1.82) is 0 Å². The molecule has 0 aromatic heterocycles. The lowest BCUT2D eigenvalue weighted by atomic mass is 10.2. The quantitative estimate of drug-likeness (QED) is 0.643. The van der Waals surface area contributed by atoms with Gasteiger partial charge in [-0.1, -0.05) is 24.9 Å². The first-order valence-electron chi connectivity index (χ1n) is 6.64. The number of amides is 1. The minimum Gasteiger partial charge on any atom is -0.390 e. The molecule has 0 saturated carbocycles. The Hall–Kier alpha value is -0.970. The number of hydrogen-bond acceptors (Lipinski definition) is 3. The van der Waals surface area contributed by atoms with Crippen molar-refractivity contribution in [3.8, 4) is 0 Å². The molecule has 1 amide bonds. The SMILES string of the molecule is CCCCC(=O)Nc1ccc(NCC(O)CCl)cc1Cl. The number of nitrogens with one attached hydrogen (secondary N) is 2. The van der Waals surface area contributed by atoms with E-state index < -0.39 is 6.10 Å². The molecule has 0 heterocycles. The van der Waals surface area contributed by atoms with Crippen molar-refractivity contribution in [3.05, 3.63) is 23.2 Å². The van der Waals surface area contributed by atoms with Gasteiger partial charge < -0.3 is 15.7 Å². The molecule has 20 heavy (non-hydrogen) atoms. The van der Waals surface area contributed by atoms with Gasteiger partial charge in [-0.05, 0) is 24.6 Å². The molecule has 0 aliphatic carbocycles. The third-order valence-electron chi connectivity index (χ3n) is 2.72. The number of aliphatic hydroxyl groups excluding tert-OH is 1. The summed E-state index contributed by atoms with van der Waals surface area (Å²) in [7, 11) is 0. The average Bonchev–Trinajstić information content (AvgIpc) is 2.45. The second-order valence-electron chi connectivity index (χ2n) is 4.54. The Bertz CT molecular complexity index is 441. The van der Waals surface area contributed by atoms with E-state index in [1.54, 1.807) is 18.2 Å².